The molecule has 0 aliphatic rings. The lowest BCUT2D eigenvalue weighted by atomic mass is 9.98. The molecule has 0 saturated heterocycles. The van der Waals surface area contributed by atoms with Crippen LogP contribution in [0.4, 0.5) is 11.4 Å². The fourth-order valence-corrected chi connectivity index (χ4v) is 3.85. The van der Waals surface area contributed by atoms with Gasteiger partial charge in [-0.05, 0) is 77.8 Å². The van der Waals surface area contributed by atoms with Gasteiger partial charge < -0.3 is 11.5 Å². The molecule has 2 heteroatoms. The van der Waals surface area contributed by atoms with Crippen LogP contribution in [0.2, 0.25) is 0 Å². The zero-order chi connectivity index (χ0) is 20.9. The van der Waals surface area contributed by atoms with Crippen LogP contribution >= 0.6 is 0 Å². The number of rotatable bonds is 6. The summed E-state index contributed by atoms with van der Waals surface area (Å²) in [4.78, 5) is 0. The van der Waals surface area contributed by atoms with E-state index in [1.165, 1.54) is 38.9 Å². The largest absolute Gasteiger partial charge is 0.399 e. The summed E-state index contributed by atoms with van der Waals surface area (Å²) in [5.41, 5.74) is 22.1. The molecule has 0 aliphatic carbocycles. The summed E-state index contributed by atoms with van der Waals surface area (Å²) in [5.74, 6) is 0. The molecule has 4 aromatic rings. The molecular formula is C28H28N2. The van der Waals surface area contributed by atoms with Gasteiger partial charge in [-0.15, -0.1) is 0 Å². The molecule has 0 fully saturated rings. The molecule has 4 aromatic carbocycles. The molecule has 0 radical (unpaired) electrons. The van der Waals surface area contributed by atoms with Gasteiger partial charge in [0.2, 0.25) is 0 Å². The van der Waals surface area contributed by atoms with Crippen molar-refractivity contribution in [2.45, 2.75) is 26.2 Å². The lowest BCUT2D eigenvalue weighted by molar-refractivity contribution is 0.821. The van der Waals surface area contributed by atoms with E-state index < -0.39 is 0 Å². The molecule has 0 saturated carbocycles. The van der Waals surface area contributed by atoms with Crippen LogP contribution in [0.1, 0.15) is 23.1 Å². The average molecular weight is 393 g/mol. The Morgan fingerprint density at radius 1 is 0.500 bits per heavy atom. The highest BCUT2D eigenvalue weighted by atomic mass is 14.6. The van der Waals surface area contributed by atoms with Gasteiger partial charge in [0.05, 0.1) is 0 Å². The second kappa shape index (κ2) is 8.87. The Balaban J connectivity index is 1.37. The zero-order valence-corrected chi connectivity index (χ0v) is 17.4. The van der Waals surface area contributed by atoms with Crippen molar-refractivity contribution in [2.75, 3.05) is 11.5 Å². The minimum atomic E-state index is 0.739. The van der Waals surface area contributed by atoms with Gasteiger partial charge in [0.25, 0.3) is 0 Å². The maximum Gasteiger partial charge on any atom is 0.0337 e. The number of nitrogens with two attached hydrogens (primary N) is 2. The van der Waals surface area contributed by atoms with E-state index in [1.807, 2.05) is 12.1 Å². The summed E-state index contributed by atoms with van der Waals surface area (Å²) < 4.78 is 0. The Bertz CT molecular complexity index is 1090. The molecule has 0 bridgehead atoms. The van der Waals surface area contributed by atoms with Crippen LogP contribution in [-0.4, -0.2) is 0 Å². The summed E-state index contributed by atoms with van der Waals surface area (Å²) >= 11 is 0. The molecule has 4 rings (SSSR count). The van der Waals surface area contributed by atoms with Crippen molar-refractivity contribution in [3.05, 3.63) is 108 Å². The summed E-state index contributed by atoms with van der Waals surface area (Å²) in [6, 6.07) is 32.2. The Morgan fingerprint density at radius 3 is 1.40 bits per heavy atom. The van der Waals surface area contributed by atoms with Crippen LogP contribution in [0.15, 0.2) is 91.0 Å². The van der Waals surface area contributed by atoms with Crippen LogP contribution in [0.5, 0.6) is 0 Å². The Kier molecular flexibility index (Phi) is 5.85. The van der Waals surface area contributed by atoms with Crippen LogP contribution in [0.25, 0.3) is 22.3 Å². The Labute approximate surface area is 179 Å². The van der Waals surface area contributed by atoms with Gasteiger partial charge in [-0.25, -0.2) is 0 Å². The summed E-state index contributed by atoms with van der Waals surface area (Å²) in [6.07, 6.45) is 3.10. The maximum absolute atomic E-state index is 5.88. The molecule has 30 heavy (non-hydrogen) atoms. The van der Waals surface area contributed by atoms with Crippen molar-refractivity contribution in [1.82, 2.24) is 0 Å². The van der Waals surface area contributed by atoms with Gasteiger partial charge in [0.15, 0.2) is 0 Å². The summed E-state index contributed by atoms with van der Waals surface area (Å²) in [6.45, 7) is 2.12. The van der Waals surface area contributed by atoms with E-state index in [4.69, 9.17) is 11.5 Å². The third kappa shape index (κ3) is 4.90. The van der Waals surface area contributed by atoms with E-state index in [0.29, 0.717) is 0 Å². The summed E-state index contributed by atoms with van der Waals surface area (Å²) in [5, 5.41) is 0. The molecule has 150 valence electrons. The quantitative estimate of drug-likeness (QED) is 0.360. The van der Waals surface area contributed by atoms with Gasteiger partial charge in [-0.1, -0.05) is 78.4 Å². The van der Waals surface area contributed by atoms with Crippen molar-refractivity contribution < 1.29 is 0 Å². The smallest absolute Gasteiger partial charge is 0.0337 e. The Hall–Kier alpha value is -3.52. The molecular weight excluding hydrogens is 364 g/mol. The molecule has 4 N–H and O–H groups in total. The fourth-order valence-electron chi connectivity index (χ4n) is 3.85. The molecule has 0 unspecified atom stereocenters. The van der Waals surface area contributed by atoms with Crippen LogP contribution in [0.3, 0.4) is 0 Å². The molecule has 0 amide bonds. The highest BCUT2D eigenvalue weighted by molar-refractivity contribution is 5.70. The number of anilines is 2. The highest BCUT2D eigenvalue weighted by Gasteiger charge is 2.02. The van der Waals surface area contributed by atoms with Crippen LogP contribution in [-0.2, 0) is 12.8 Å². The van der Waals surface area contributed by atoms with Crippen molar-refractivity contribution >= 4 is 11.4 Å². The first-order chi connectivity index (χ1) is 14.6. The van der Waals surface area contributed by atoms with E-state index in [1.54, 1.807) is 6.07 Å². The number of hydrogen-bond acceptors (Lipinski definition) is 2. The van der Waals surface area contributed by atoms with Crippen molar-refractivity contribution in [2.24, 2.45) is 0 Å². The Morgan fingerprint density at radius 2 is 0.900 bits per heavy atom. The predicted molar refractivity (Wildman–Crippen MR) is 129 cm³/mol. The summed E-state index contributed by atoms with van der Waals surface area (Å²) in [7, 11) is 0. The number of hydrogen-bond donors (Lipinski definition) is 2. The minimum absolute atomic E-state index is 0.739. The lowest BCUT2D eigenvalue weighted by Gasteiger charge is -2.08. The first-order valence-electron chi connectivity index (χ1n) is 10.5. The topological polar surface area (TPSA) is 52.0 Å². The second-order valence-corrected chi connectivity index (χ2v) is 8.00. The van der Waals surface area contributed by atoms with Crippen LogP contribution in [0, 0.1) is 6.92 Å². The molecule has 0 aliphatic heterocycles. The zero-order valence-electron chi connectivity index (χ0n) is 17.4. The first-order valence-corrected chi connectivity index (χ1v) is 10.5. The number of benzene rings is 4. The van der Waals surface area contributed by atoms with E-state index in [-0.39, 0.29) is 0 Å². The standard InChI is InChI=1S/C28H28N2/c1-20-5-9-23(10-6-20)25-13-15-26(16-14-25)24-11-7-21(8-12-24)3-2-4-22-17-27(29)19-28(30)18-22/h5-19H,2-4,29-30H2,1H3. The van der Waals surface area contributed by atoms with Crippen molar-refractivity contribution in [1.29, 1.82) is 0 Å². The van der Waals surface area contributed by atoms with Gasteiger partial charge in [0.1, 0.15) is 0 Å². The highest BCUT2D eigenvalue weighted by Crippen LogP contribution is 2.26. The second-order valence-electron chi connectivity index (χ2n) is 8.00. The van der Waals surface area contributed by atoms with E-state index in [2.05, 4.69) is 79.7 Å². The number of nitrogen functional groups attached to an aromatic ring is 2. The molecule has 0 aromatic heterocycles. The maximum atomic E-state index is 5.88. The third-order valence-corrected chi connectivity index (χ3v) is 5.53. The minimum Gasteiger partial charge on any atom is -0.399 e. The SMILES string of the molecule is Cc1ccc(-c2ccc(-c3ccc(CCCc4cc(N)cc(N)c4)cc3)cc2)cc1. The fraction of sp³-hybridized carbons (Fsp3) is 0.143. The predicted octanol–water partition coefficient (Wildman–Crippen LogP) is 6.67. The normalized spacial score (nSPS) is 10.8. The third-order valence-electron chi connectivity index (χ3n) is 5.53. The molecule has 0 heterocycles. The van der Waals surface area contributed by atoms with Gasteiger partial charge in [0, 0.05) is 11.4 Å². The first kappa shape index (κ1) is 19.8. The average Bonchev–Trinajstić information content (AvgIpc) is 2.74. The monoisotopic (exact) mass is 392 g/mol. The van der Waals surface area contributed by atoms with E-state index >= 15 is 0 Å². The van der Waals surface area contributed by atoms with Crippen LogP contribution < -0.4 is 11.5 Å². The van der Waals surface area contributed by atoms with E-state index in [9.17, 15) is 0 Å². The van der Waals surface area contributed by atoms with Gasteiger partial charge >= 0.3 is 0 Å². The molecule has 0 spiro atoms. The van der Waals surface area contributed by atoms with Crippen molar-refractivity contribution in [3.8, 4) is 22.3 Å². The molecule has 2 nitrogen and oxygen atoms in total. The van der Waals surface area contributed by atoms with E-state index in [0.717, 1.165) is 30.6 Å². The van der Waals surface area contributed by atoms with Crippen molar-refractivity contribution in [3.63, 3.8) is 0 Å². The van der Waals surface area contributed by atoms with Gasteiger partial charge in [-0.2, -0.15) is 0 Å². The lowest BCUT2D eigenvalue weighted by Crippen LogP contribution is -1.95. The molecule has 0 atom stereocenters. The number of aryl methyl sites for hydroxylation is 3. The van der Waals surface area contributed by atoms with Gasteiger partial charge in [-0.3, -0.25) is 0 Å².